The number of hydrogen-bond donors (Lipinski definition) is 0. The highest BCUT2D eigenvalue weighted by Crippen LogP contribution is 2.37. The standard InChI is InChI=1S/C12H10N2O4/c1-16-12(15)11-14-13-10(18-11)8-6-17-9-5-3-2-4-7(8)9/h2-5,8H,6H2,1H3. The molecule has 0 spiro atoms. The van der Waals surface area contributed by atoms with Crippen LogP contribution < -0.4 is 4.74 Å². The van der Waals surface area contributed by atoms with E-state index >= 15 is 0 Å². The molecule has 0 aliphatic carbocycles. The summed E-state index contributed by atoms with van der Waals surface area (Å²) in [6.07, 6.45) is 0. The third-order valence-electron chi connectivity index (χ3n) is 2.80. The Hall–Kier alpha value is -2.37. The number of carbonyl (C=O) groups is 1. The van der Waals surface area contributed by atoms with Gasteiger partial charge in [0, 0.05) is 5.56 Å². The molecule has 2 heterocycles. The number of esters is 1. The summed E-state index contributed by atoms with van der Waals surface area (Å²) in [5.74, 6) is 0.255. The van der Waals surface area contributed by atoms with Gasteiger partial charge in [0.05, 0.1) is 13.0 Å². The van der Waals surface area contributed by atoms with Gasteiger partial charge in [0.25, 0.3) is 0 Å². The smallest absolute Gasteiger partial charge is 0.396 e. The lowest BCUT2D eigenvalue weighted by Crippen LogP contribution is -2.03. The molecular formula is C12H10N2O4. The van der Waals surface area contributed by atoms with Gasteiger partial charge in [-0.2, -0.15) is 0 Å². The van der Waals surface area contributed by atoms with E-state index in [1.807, 2.05) is 24.3 Å². The molecule has 1 aliphatic rings. The molecule has 6 nitrogen and oxygen atoms in total. The van der Waals surface area contributed by atoms with Crippen LogP contribution in [0.1, 0.15) is 28.1 Å². The van der Waals surface area contributed by atoms with Gasteiger partial charge in [-0.1, -0.05) is 18.2 Å². The first-order valence-electron chi connectivity index (χ1n) is 5.43. The number of rotatable bonds is 2. The zero-order chi connectivity index (χ0) is 12.5. The van der Waals surface area contributed by atoms with Crippen LogP contribution in [0.3, 0.4) is 0 Å². The largest absolute Gasteiger partial charge is 0.492 e. The van der Waals surface area contributed by atoms with Crippen molar-refractivity contribution in [2.75, 3.05) is 13.7 Å². The lowest BCUT2D eigenvalue weighted by atomic mass is 10.0. The monoisotopic (exact) mass is 246 g/mol. The Morgan fingerprint density at radius 3 is 3.06 bits per heavy atom. The van der Waals surface area contributed by atoms with Crippen molar-refractivity contribution < 1.29 is 18.7 Å². The Kier molecular flexibility index (Phi) is 2.47. The van der Waals surface area contributed by atoms with E-state index in [0.29, 0.717) is 12.5 Å². The summed E-state index contributed by atoms with van der Waals surface area (Å²) in [4.78, 5) is 11.2. The van der Waals surface area contributed by atoms with Gasteiger partial charge in [-0.3, -0.25) is 0 Å². The number of nitrogens with zero attached hydrogens (tertiary/aromatic N) is 2. The van der Waals surface area contributed by atoms with E-state index in [9.17, 15) is 4.79 Å². The molecule has 1 aromatic heterocycles. The van der Waals surface area contributed by atoms with Crippen molar-refractivity contribution in [3.63, 3.8) is 0 Å². The minimum atomic E-state index is -0.638. The van der Waals surface area contributed by atoms with Crippen LogP contribution in [0.2, 0.25) is 0 Å². The van der Waals surface area contributed by atoms with E-state index in [2.05, 4.69) is 14.9 Å². The maximum Gasteiger partial charge on any atom is 0.396 e. The molecule has 2 aromatic rings. The van der Waals surface area contributed by atoms with Crippen LogP contribution in [-0.4, -0.2) is 29.9 Å². The minimum Gasteiger partial charge on any atom is -0.492 e. The summed E-state index contributed by atoms with van der Waals surface area (Å²) in [5.41, 5.74) is 0.984. The number of aromatic nitrogens is 2. The van der Waals surface area contributed by atoms with Crippen molar-refractivity contribution in [3.05, 3.63) is 41.6 Å². The molecule has 0 amide bonds. The second kappa shape index (κ2) is 4.14. The van der Waals surface area contributed by atoms with E-state index in [1.165, 1.54) is 7.11 Å². The first-order chi connectivity index (χ1) is 8.79. The van der Waals surface area contributed by atoms with E-state index in [1.54, 1.807) is 0 Å². The maximum atomic E-state index is 11.2. The van der Waals surface area contributed by atoms with E-state index in [0.717, 1.165) is 11.3 Å². The highest BCUT2D eigenvalue weighted by molar-refractivity contribution is 5.83. The predicted octanol–water partition coefficient (Wildman–Crippen LogP) is 1.38. The summed E-state index contributed by atoms with van der Waals surface area (Å²) in [6.45, 7) is 0.433. The molecule has 1 unspecified atom stereocenters. The molecule has 18 heavy (non-hydrogen) atoms. The molecule has 6 heteroatoms. The predicted molar refractivity (Wildman–Crippen MR) is 59.4 cm³/mol. The number of ether oxygens (including phenoxy) is 2. The van der Waals surface area contributed by atoms with Gasteiger partial charge in [-0.25, -0.2) is 4.79 Å². The molecule has 1 atom stereocenters. The summed E-state index contributed by atoms with van der Waals surface area (Å²) < 4.78 is 15.3. The first-order valence-corrected chi connectivity index (χ1v) is 5.43. The van der Waals surface area contributed by atoms with Crippen LogP contribution in [0.15, 0.2) is 28.7 Å². The van der Waals surface area contributed by atoms with Crippen LogP contribution >= 0.6 is 0 Å². The van der Waals surface area contributed by atoms with Crippen molar-refractivity contribution in [2.24, 2.45) is 0 Å². The number of fused-ring (bicyclic) bond motifs is 1. The highest BCUT2D eigenvalue weighted by atomic mass is 16.5. The second-order valence-corrected chi connectivity index (χ2v) is 3.84. The van der Waals surface area contributed by atoms with Crippen LogP contribution in [0.5, 0.6) is 5.75 Å². The number of methoxy groups -OCH3 is 1. The Morgan fingerprint density at radius 1 is 1.39 bits per heavy atom. The Labute approximate surface area is 103 Å². The number of benzene rings is 1. The molecule has 0 radical (unpaired) electrons. The van der Waals surface area contributed by atoms with Gasteiger partial charge in [-0.05, 0) is 6.07 Å². The molecule has 0 saturated heterocycles. The van der Waals surface area contributed by atoms with Crippen molar-refractivity contribution in [2.45, 2.75) is 5.92 Å². The van der Waals surface area contributed by atoms with E-state index in [4.69, 9.17) is 9.15 Å². The van der Waals surface area contributed by atoms with Crippen molar-refractivity contribution in [3.8, 4) is 5.75 Å². The molecule has 92 valence electrons. The first kappa shape index (κ1) is 10.8. The quantitative estimate of drug-likeness (QED) is 0.745. The topological polar surface area (TPSA) is 74.5 Å². The highest BCUT2D eigenvalue weighted by Gasteiger charge is 2.30. The van der Waals surface area contributed by atoms with Crippen LogP contribution in [0, 0.1) is 0 Å². The molecule has 0 N–H and O–H groups in total. The fourth-order valence-corrected chi connectivity index (χ4v) is 1.91. The average molecular weight is 246 g/mol. The van der Waals surface area contributed by atoms with Gasteiger partial charge in [0.15, 0.2) is 0 Å². The SMILES string of the molecule is COC(=O)c1nnc(C2COc3ccccc32)o1. The van der Waals surface area contributed by atoms with E-state index in [-0.39, 0.29) is 11.8 Å². The summed E-state index contributed by atoms with van der Waals surface area (Å²) in [6, 6.07) is 7.63. The lowest BCUT2D eigenvalue weighted by molar-refractivity contribution is 0.0553. The van der Waals surface area contributed by atoms with Crippen LogP contribution in [-0.2, 0) is 4.74 Å². The normalized spacial score (nSPS) is 17.1. The zero-order valence-electron chi connectivity index (χ0n) is 9.62. The van der Waals surface area contributed by atoms with Crippen molar-refractivity contribution in [1.82, 2.24) is 10.2 Å². The molecule has 1 aliphatic heterocycles. The molecule has 0 fully saturated rings. The third-order valence-corrected chi connectivity index (χ3v) is 2.80. The minimum absolute atomic E-state index is 0.132. The Balaban J connectivity index is 1.93. The Bertz CT molecular complexity index is 593. The number of hydrogen-bond acceptors (Lipinski definition) is 6. The fraction of sp³-hybridized carbons (Fsp3) is 0.250. The maximum absolute atomic E-state index is 11.2. The lowest BCUT2D eigenvalue weighted by Gasteiger charge is -2.01. The Morgan fingerprint density at radius 2 is 2.22 bits per heavy atom. The molecule has 1 aromatic carbocycles. The summed E-state index contributed by atoms with van der Waals surface area (Å²) >= 11 is 0. The number of carbonyl (C=O) groups excluding carboxylic acids is 1. The van der Waals surface area contributed by atoms with Gasteiger partial charge in [-0.15, -0.1) is 10.2 Å². The fourth-order valence-electron chi connectivity index (χ4n) is 1.91. The van der Waals surface area contributed by atoms with Crippen molar-refractivity contribution >= 4 is 5.97 Å². The third kappa shape index (κ3) is 1.62. The summed E-state index contributed by atoms with van der Waals surface area (Å²) in [5, 5.41) is 7.53. The molecule has 0 bridgehead atoms. The molecular weight excluding hydrogens is 236 g/mol. The van der Waals surface area contributed by atoms with Gasteiger partial charge < -0.3 is 13.9 Å². The van der Waals surface area contributed by atoms with Crippen LogP contribution in [0.25, 0.3) is 0 Å². The van der Waals surface area contributed by atoms with Crippen LogP contribution in [0.4, 0.5) is 0 Å². The van der Waals surface area contributed by atoms with Gasteiger partial charge >= 0.3 is 11.9 Å². The number of para-hydroxylation sites is 1. The van der Waals surface area contributed by atoms with Gasteiger partial charge in [0.1, 0.15) is 12.4 Å². The van der Waals surface area contributed by atoms with Gasteiger partial charge in [0.2, 0.25) is 5.89 Å². The summed E-state index contributed by atoms with van der Waals surface area (Å²) in [7, 11) is 1.26. The second-order valence-electron chi connectivity index (χ2n) is 3.84. The molecule has 0 saturated carbocycles. The molecule has 3 rings (SSSR count). The van der Waals surface area contributed by atoms with E-state index < -0.39 is 5.97 Å². The average Bonchev–Trinajstić information content (AvgIpc) is 3.03. The zero-order valence-corrected chi connectivity index (χ0v) is 9.62. The van der Waals surface area contributed by atoms with Crippen molar-refractivity contribution in [1.29, 1.82) is 0 Å².